The third kappa shape index (κ3) is 3.84. The second-order valence-corrected chi connectivity index (χ2v) is 5.25. The molecular weight excluding hydrogens is 266 g/mol. The van der Waals surface area contributed by atoms with E-state index in [0.29, 0.717) is 12.2 Å². The minimum absolute atomic E-state index is 0.0987. The number of hydrogen-bond donors (Lipinski definition) is 1. The Labute approximate surface area is 124 Å². The van der Waals surface area contributed by atoms with Crippen LogP contribution in [0.5, 0.6) is 5.75 Å². The highest BCUT2D eigenvalue weighted by atomic mass is 16.5. The maximum atomic E-state index is 12.2. The lowest BCUT2D eigenvalue weighted by Crippen LogP contribution is -2.25. The van der Waals surface area contributed by atoms with Crippen LogP contribution in [0.1, 0.15) is 35.6 Å². The second kappa shape index (κ2) is 6.43. The number of nitrogens with one attached hydrogen (secondary N) is 1. The summed E-state index contributed by atoms with van der Waals surface area (Å²) in [6.45, 7) is 6.25. The number of aromatic nitrogens is 2. The van der Waals surface area contributed by atoms with Crippen LogP contribution in [0, 0.1) is 6.92 Å². The van der Waals surface area contributed by atoms with Crippen molar-refractivity contribution in [2.75, 3.05) is 0 Å². The fraction of sp³-hybridized carbons (Fsp3) is 0.375. The van der Waals surface area contributed by atoms with E-state index in [-0.39, 0.29) is 12.0 Å². The fourth-order valence-corrected chi connectivity index (χ4v) is 2.11. The Morgan fingerprint density at radius 1 is 1.38 bits per heavy atom. The van der Waals surface area contributed by atoms with Gasteiger partial charge in [0.1, 0.15) is 11.4 Å². The van der Waals surface area contributed by atoms with E-state index in [1.165, 1.54) is 0 Å². The average molecular weight is 287 g/mol. The Kier molecular flexibility index (Phi) is 4.62. The Morgan fingerprint density at radius 2 is 2.10 bits per heavy atom. The molecule has 0 aliphatic rings. The van der Waals surface area contributed by atoms with Crippen LogP contribution in [0.2, 0.25) is 0 Å². The van der Waals surface area contributed by atoms with E-state index in [1.807, 2.05) is 45.0 Å². The molecule has 0 saturated heterocycles. The maximum Gasteiger partial charge on any atom is 0.269 e. The van der Waals surface area contributed by atoms with Gasteiger partial charge in [-0.3, -0.25) is 9.48 Å². The van der Waals surface area contributed by atoms with Crippen LogP contribution in [-0.4, -0.2) is 21.8 Å². The van der Waals surface area contributed by atoms with Gasteiger partial charge in [0, 0.05) is 19.2 Å². The molecule has 5 heteroatoms. The highest BCUT2D eigenvalue weighted by Gasteiger charge is 2.12. The van der Waals surface area contributed by atoms with Crippen LogP contribution in [0.3, 0.4) is 0 Å². The van der Waals surface area contributed by atoms with Gasteiger partial charge in [0.2, 0.25) is 0 Å². The van der Waals surface area contributed by atoms with E-state index in [0.717, 1.165) is 17.0 Å². The first kappa shape index (κ1) is 15.1. The second-order valence-electron chi connectivity index (χ2n) is 5.25. The maximum absolute atomic E-state index is 12.2. The number of carbonyl (C=O) groups excluding carboxylic acids is 1. The summed E-state index contributed by atoms with van der Waals surface area (Å²) in [5.41, 5.74) is 2.33. The van der Waals surface area contributed by atoms with Crippen molar-refractivity contribution in [1.82, 2.24) is 15.1 Å². The van der Waals surface area contributed by atoms with Gasteiger partial charge in [0.15, 0.2) is 0 Å². The third-order valence-corrected chi connectivity index (χ3v) is 3.01. The third-order valence-electron chi connectivity index (χ3n) is 3.01. The molecule has 0 aliphatic heterocycles. The smallest absolute Gasteiger partial charge is 0.269 e. The number of benzene rings is 1. The molecule has 0 spiro atoms. The van der Waals surface area contributed by atoms with E-state index in [2.05, 4.69) is 10.4 Å². The Bertz CT molecular complexity index is 632. The minimum atomic E-state index is -0.141. The molecular formula is C16H21N3O2. The number of ether oxygens (including phenoxy) is 1. The molecule has 21 heavy (non-hydrogen) atoms. The summed E-state index contributed by atoms with van der Waals surface area (Å²) in [5, 5.41) is 7.08. The number of carbonyl (C=O) groups is 1. The summed E-state index contributed by atoms with van der Waals surface area (Å²) < 4.78 is 7.33. The van der Waals surface area contributed by atoms with Crippen molar-refractivity contribution in [2.24, 2.45) is 7.05 Å². The van der Waals surface area contributed by atoms with E-state index < -0.39 is 0 Å². The van der Waals surface area contributed by atoms with E-state index >= 15 is 0 Å². The summed E-state index contributed by atoms with van der Waals surface area (Å²) in [7, 11) is 1.76. The Hall–Kier alpha value is -2.30. The van der Waals surface area contributed by atoms with Crippen molar-refractivity contribution in [3.05, 3.63) is 47.3 Å². The number of nitrogens with zero attached hydrogens (tertiary/aromatic N) is 2. The van der Waals surface area contributed by atoms with Gasteiger partial charge in [-0.1, -0.05) is 18.2 Å². The monoisotopic (exact) mass is 287 g/mol. The van der Waals surface area contributed by atoms with Gasteiger partial charge >= 0.3 is 0 Å². The summed E-state index contributed by atoms with van der Waals surface area (Å²) in [5.74, 6) is 0.659. The Balaban J connectivity index is 2.06. The highest BCUT2D eigenvalue weighted by molar-refractivity contribution is 5.92. The number of amides is 1. The molecule has 0 radical (unpaired) electrons. The molecule has 0 unspecified atom stereocenters. The zero-order valence-corrected chi connectivity index (χ0v) is 12.9. The first-order chi connectivity index (χ1) is 9.97. The molecule has 1 aromatic heterocycles. The van der Waals surface area contributed by atoms with Crippen molar-refractivity contribution in [2.45, 2.75) is 33.4 Å². The summed E-state index contributed by atoms with van der Waals surface area (Å²) in [4.78, 5) is 12.2. The molecule has 0 atom stereocenters. The molecule has 112 valence electrons. The van der Waals surface area contributed by atoms with Gasteiger partial charge in [-0.25, -0.2) is 0 Å². The lowest BCUT2D eigenvalue weighted by atomic mass is 10.2. The predicted molar refractivity (Wildman–Crippen MR) is 81.3 cm³/mol. The van der Waals surface area contributed by atoms with Crippen LogP contribution in [0.4, 0.5) is 0 Å². The standard InChI is InChI=1S/C16H21N3O2/c1-11(2)21-15-8-6-5-7-13(15)10-17-16(20)14-9-12(3)18-19(14)4/h5-9,11H,10H2,1-4H3,(H,17,20). The molecule has 0 saturated carbocycles. The molecule has 1 amide bonds. The molecule has 1 N–H and O–H groups in total. The van der Waals surface area contributed by atoms with Gasteiger partial charge < -0.3 is 10.1 Å². The highest BCUT2D eigenvalue weighted by Crippen LogP contribution is 2.19. The summed E-state index contributed by atoms with van der Waals surface area (Å²) in [6.07, 6.45) is 0.0987. The van der Waals surface area contributed by atoms with Gasteiger partial charge in [-0.2, -0.15) is 5.10 Å². The van der Waals surface area contributed by atoms with Crippen LogP contribution in [-0.2, 0) is 13.6 Å². The summed E-state index contributed by atoms with van der Waals surface area (Å²) in [6, 6.07) is 9.49. The van der Waals surface area contributed by atoms with E-state index in [9.17, 15) is 4.79 Å². The Morgan fingerprint density at radius 3 is 2.71 bits per heavy atom. The zero-order chi connectivity index (χ0) is 15.4. The molecule has 0 bridgehead atoms. The fourth-order valence-electron chi connectivity index (χ4n) is 2.11. The van der Waals surface area contributed by atoms with Gasteiger partial charge in [-0.15, -0.1) is 0 Å². The SMILES string of the molecule is Cc1cc(C(=O)NCc2ccccc2OC(C)C)n(C)n1. The lowest BCUT2D eigenvalue weighted by molar-refractivity contribution is 0.0941. The average Bonchev–Trinajstić information content (AvgIpc) is 2.76. The first-order valence-electron chi connectivity index (χ1n) is 7.00. The van der Waals surface area contributed by atoms with E-state index in [1.54, 1.807) is 17.8 Å². The molecule has 5 nitrogen and oxygen atoms in total. The van der Waals surface area contributed by atoms with Crippen molar-refractivity contribution in [3.8, 4) is 5.75 Å². The number of para-hydroxylation sites is 1. The van der Waals surface area contributed by atoms with Crippen molar-refractivity contribution in [1.29, 1.82) is 0 Å². The van der Waals surface area contributed by atoms with Crippen LogP contribution in [0.25, 0.3) is 0 Å². The predicted octanol–water partition coefficient (Wildman–Crippen LogP) is 2.45. The van der Waals surface area contributed by atoms with Gasteiger partial charge in [0.25, 0.3) is 5.91 Å². The number of aryl methyl sites for hydroxylation is 2. The molecule has 2 rings (SSSR count). The molecule has 2 aromatic rings. The lowest BCUT2D eigenvalue weighted by Gasteiger charge is -2.14. The normalized spacial score (nSPS) is 10.7. The first-order valence-corrected chi connectivity index (χ1v) is 7.00. The molecule has 0 aliphatic carbocycles. The van der Waals surface area contributed by atoms with Gasteiger partial charge in [-0.05, 0) is 32.9 Å². The molecule has 1 aromatic carbocycles. The summed E-state index contributed by atoms with van der Waals surface area (Å²) >= 11 is 0. The topological polar surface area (TPSA) is 56.1 Å². The van der Waals surface area contributed by atoms with E-state index in [4.69, 9.17) is 4.74 Å². The minimum Gasteiger partial charge on any atom is -0.491 e. The number of hydrogen-bond acceptors (Lipinski definition) is 3. The number of rotatable bonds is 5. The quantitative estimate of drug-likeness (QED) is 0.919. The van der Waals surface area contributed by atoms with Crippen LogP contribution < -0.4 is 10.1 Å². The zero-order valence-electron chi connectivity index (χ0n) is 12.9. The van der Waals surface area contributed by atoms with Crippen LogP contribution in [0.15, 0.2) is 30.3 Å². The van der Waals surface area contributed by atoms with Crippen molar-refractivity contribution in [3.63, 3.8) is 0 Å². The van der Waals surface area contributed by atoms with Crippen molar-refractivity contribution >= 4 is 5.91 Å². The van der Waals surface area contributed by atoms with Crippen LogP contribution >= 0.6 is 0 Å². The largest absolute Gasteiger partial charge is 0.491 e. The molecule has 0 fully saturated rings. The van der Waals surface area contributed by atoms with Crippen molar-refractivity contribution < 1.29 is 9.53 Å². The van der Waals surface area contributed by atoms with Gasteiger partial charge in [0.05, 0.1) is 11.8 Å². The molecule has 1 heterocycles.